The molecule has 0 radical (unpaired) electrons. The minimum Gasteiger partial charge on any atom is -0.356 e. The average Bonchev–Trinajstić information content (AvgIpc) is 3.01. The highest BCUT2D eigenvalue weighted by atomic mass is 16.2. The van der Waals surface area contributed by atoms with Crippen LogP contribution in [-0.2, 0) is 17.9 Å². The molecule has 1 aliphatic rings. The van der Waals surface area contributed by atoms with Crippen LogP contribution in [0, 0.1) is 0 Å². The van der Waals surface area contributed by atoms with Gasteiger partial charge in [-0.2, -0.15) is 0 Å². The topological polar surface area (TPSA) is 56.7 Å². The van der Waals surface area contributed by atoms with Gasteiger partial charge in [0.1, 0.15) is 0 Å². The smallest absolute Gasteiger partial charge is 0.223 e. The number of hydrogen-bond acceptors (Lipinski definition) is 2. The highest BCUT2D eigenvalue weighted by Crippen LogP contribution is 2.22. The van der Waals surface area contributed by atoms with Crippen molar-refractivity contribution in [3.05, 3.63) is 35.4 Å². The van der Waals surface area contributed by atoms with Crippen LogP contribution in [0.3, 0.4) is 0 Å². The van der Waals surface area contributed by atoms with Gasteiger partial charge in [0.25, 0.3) is 0 Å². The van der Waals surface area contributed by atoms with E-state index in [1.807, 2.05) is 17.0 Å². The molecule has 0 spiro atoms. The van der Waals surface area contributed by atoms with Crippen molar-refractivity contribution in [2.75, 3.05) is 13.6 Å². The van der Waals surface area contributed by atoms with E-state index in [1.165, 1.54) is 11.1 Å². The summed E-state index contributed by atoms with van der Waals surface area (Å²) in [6, 6.07) is 8.67. The maximum Gasteiger partial charge on any atom is 0.223 e. The summed E-state index contributed by atoms with van der Waals surface area (Å²) >= 11 is 0. The van der Waals surface area contributed by atoms with Gasteiger partial charge in [0.15, 0.2) is 5.96 Å². The van der Waals surface area contributed by atoms with Crippen molar-refractivity contribution < 1.29 is 4.79 Å². The van der Waals surface area contributed by atoms with E-state index >= 15 is 0 Å². The zero-order valence-electron chi connectivity index (χ0n) is 14.4. The minimum atomic E-state index is 0.230. The first-order valence-corrected chi connectivity index (χ1v) is 8.45. The maximum absolute atomic E-state index is 12.3. The van der Waals surface area contributed by atoms with E-state index in [2.05, 4.69) is 41.6 Å². The second-order valence-electron chi connectivity index (χ2n) is 6.07. The Morgan fingerprint density at radius 3 is 2.52 bits per heavy atom. The van der Waals surface area contributed by atoms with Crippen LogP contribution >= 0.6 is 0 Å². The molecule has 1 aromatic carbocycles. The van der Waals surface area contributed by atoms with Gasteiger partial charge in [0, 0.05) is 39.1 Å². The molecule has 0 saturated carbocycles. The van der Waals surface area contributed by atoms with Gasteiger partial charge in [0.2, 0.25) is 5.91 Å². The van der Waals surface area contributed by atoms with Crippen molar-refractivity contribution in [2.24, 2.45) is 4.99 Å². The second-order valence-corrected chi connectivity index (χ2v) is 6.07. The molecular formula is C18H28N4O. The number of aliphatic imine (C=N–C) groups is 1. The number of guanidine groups is 1. The number of nitrogens with one attached hydrogen (secondary N) is 2. The molecular weight excluding hydrogens is 288 g/mol. The quantitative estimate of drug-likeness (QED) is 0.481. The summed E-state index contributed by atoms with van der Waals surface area (Å²) in [7, 11) is 1.77. The summed E-state index contributed by atoms with van der Waals surface area (Å²) in [6.07, 6.45) is 2.43. The summed E-state index contributed by atoms with van der Waals surface area (Å²) < 4.78 is 0. The molecule has 0 aliphatic carbocycles. The Morgan fingerprint density at radius 1 is 1.30 bits per heavy atom. The highest BCUT2D eigenvalue weighted by molar-refractivity contribution is 5.80. The monoisotopic (exact) mass is 316 g/mol. The van der Waals surface area contributed by atoms with Crippen molar-refractivity contribution in [1.29, 1.82) is 0 Å². The molecule has 0 aromatic heterocycles. The molecule has 1 aromatic rings. The number of amides is 1. The van der Waals surface area contributed by atoms with E-state index in [4.69, 9.17) is 0 Å². The fraction of sp³-hybridized carbons (Fsp3) is 0.556. The van der Waals surface area contributed by atoms with Gasteiger partial charge in [-0.05, 0) is 30.9 Å². The summed E-state index contributed by atoms with van der Waals surface area (Å²) in [5.41, 5.74) is 2.55. The van der Waals surface area contributed by atoms with Crippen LogP contribution in [0.4, 0.5) is 0 Å². The van der Waals surface area contributed by atoms with Crippen LogP contribution in [0.15, 0.2) is 29.3 Å². The maximum atomic E-state index is 12.3. The molecule has 1 aliphatic heterocycles. The summed E-state index contributed by atoms with van der Waals surface area (Å²) in [5, 5.41) is 6.58. The van der Waals surface area contributed by atoms with Gasteiger partial charge in [-0.25, -0.2) is 0 Å². The summed E-state index contributed by atoms with van der Waals surface area (Å²) in [5.74, 6) is 1.04. The van der Waals surface area contributed by atoms with E-state index in [0.29, 0.717) is 12.5 Å². The normalized spacial score (nSPS) is 15.3. The van der Waals surface area contributed by atoms with E-state index < -0.39 is 0 Å². The van der Waals surface area contributed by atoms with E-state index in [0.717, 1.165) is 38.4 Å². The fourth-order valence-corrected chi connectivity index (χ4v) is 2.64. The summed E-state index contributed by atoms with van der Waals surface area (Å²) in [6.45, 7) is 6.51. The number of fused-ring (bicyclic) bond motifs is 1. The lowest BCUT2D eigenvalue weighted by molar-refractivity contribution is -0.131. The van der Waals surface area contributed by atoms with Gasteiger partial charge < -0.3 is 15.5 Å². The third-order valence-electron chi connectivity index (χ3n) is 4.27. The van der Waals surface area contributed by atoms with Crippen molar-refractivity contribution in [3.8, 4) is 0 Å². The first-order chi connectivity index (χ1) is 11.1. The zero-order chi connectivity index (χ0) is 16.7. The lowest BCUT2D eigenvalue weighted by Gasteiger charge is -2.17. The largest absolute Gasteiger partial charge is 0.356 e. The number of nitrogens with zero attached hydrogens (tertiary/aromatic N) is 2. The van der Waals surface area contributed by atoms with Gasteiger partial charge in [0.05, 0.1) is 0 Å². The van der Waals surface area contributed by atoms with E-state index in [-0.39, 0.29) is 5.91 Å². The molecule has 1 heterocycles. The molecule has 23 heavy (non-hydrogen) atoms. The number of benzene rings is 1. The molecule has 1 unspecified atom stereocenters. The molecule has 5 nitrogen and oxygen atoms in total. The van der Waals surface area contributed by atoms with Gasteiger partial charge in [-0.3, -0.25) is 9.79 Å². The Bertz CT molecular complexity index is 531. The predicted octanol–water partition coefficient (Wildman–Crippen LogP) is 2.27. The standard InChI is InChI=1S/C18H28N4O/c1-4-14(2)21-18(19-3)20-11-7-10-17(23)22-12-15-8-5-6-9-16(15)13-22/h5-6,8-9,14H,4,7,10-13H2,1-3H3,(H2,19,20,21). The van der Waals surface area contributed by atoms with Crippen LogP contribution < -0.4 is 10.6 Å². The van der Waals surface area contributed by atoms with Crippen molar-refractivity contribution >= 4 is 11.9 Å². The Balaban J connectivity index is 1.68. The minimum absolute atomic E-state index is 0.230. The molecule has 5 heteroatoms. The Labute approximate surface area is 139 Å². The Kier molecular flexibility index (Phi) is 6.44. The lowest BCUT2D eigenvalue weighted by atomic mass is 10.1. The Hall–Kier alpha value is -2.04. The molecule has 2 rings (SSSR count). The van der Waals surface area contributed by atoms with Crippen LogP contribution in [0.5, 0.6) is 0 Å². The molecule has 126 valence electrons. The third kappa shape index (κ3) is 4.98. The molecule has 0 bridgehead atoms. The second kappa shape index (κ2) is 8.56. The first-order valence-electron chi connectivity index (χ1n) is 8.45. The molecule has 1 amide bonds. The van der Waals surface area contributed by atoms with Gasteiger partial charge in [-0.1, -0.05) is 31.2 Å². The SMILES string of the molecule is CCC(C)NC(=NC)NCCCC(=O)N1Cc2ccccc2C1. The molecule has 0 fully saturated rings. The zero-order valence-corrected chi connectivity index (χ0v) is 14.4. The van der Waals surface area contributed by atoms with Gasteiger partial charge in [-0.15, -0.1) is 0 Å². The number of rotatable bonds is 6. The van der Waals surface area contributed by atoms with E-state index in [9.17, 15) is 4.79 Å². The van der Waals surface area contributed by atoms with Crippen LogP contribution in [0.2, 0.25) is 0 Å². The van der Waals surface area contributed by atoms with Gasteiger partial charge >= 0.3 is 0 Å². The fourth-order valence-electron chi connectivity index (χ4n) is 2.64. The summed E-state index contributed by atoms with van der Waals surface area (Å²) in [4.78, 5) is 18.4. The van der Waals surface area contributed by atoms with Crippen molar-refractivity contribution in [1.82, 2.24) is 15.5 Å². The van der Waals surface area contributed by atoms with Crippen LogP contribution in [-0.4, -0.2) is 36.4 Å². The lowest BCUT2D eigenvalue weighted by Crippen LogP contribution is -2.42. The number of hydrogen-bond donors (Lipinski definition) is 2. The van der Waals surface area contributed by atoms with Crippen LogP contribution in [0.1, 0.15) is 44.2 Å². The predicted molar refractivity (Wildman–Crippen MR) is 94.2 cm³/mol. The first kappa shape index (κ1) is 17.3. The Morgan fingerprint density at radius 2 is 1.96 bits per heavy atom. The highest BCUT2D eigenvalue weighted by Gasteiger charge is 2.22. The van der Waals surface area contributed by atoms with Crippen LogP contribution in [0.25, 0.3) is 0 Å². The average molecular weight is 316 g/mol. The number of carbonyl (C=O) groups is 1. The third-order valence-corrected chi connectivity index (χ3v) is 4.27. The number of carbonyl (C=O) groups excluding carboxylic acids is 1. The van der Waals surface area contributed by atoms with Crippen molar-refractivity contribution in [2.45, 2.75) is 52.2 Å². The molecule has 0 saturated heterocycles. The van der Waals surface area contributed by atoms with E-state index in [1.54, 1.807) is 7.05 Å². The van der Waals surface area contributed by atoms with Crippen molar-refractivity contribution in [3.63, 3.8) is 0 Å². The molecule has 2 N–H and O–H groups in total. The molecule has 1 atom stereocenters.